The quantitative estimate of drug-likeness (QED) is 0.362. The van der Waals surface area contributed by atoms with Crippen molar-refractivity contribution < 1.29 is 9.53 Å². The second-order valence-electron chi connectivity index (χ2n) is 5.45. The Morgan fingerprint density at radius 2 is 2.08 bits per heavy atom. The van der Waals surface area contributed by atoms with Gasteiger partial charge >= 0.3 is 0 Å². The van der Waals surface area contributed by atoms with Gasteiger partial charge in [0.05, 0.1) is 16.9 Å². The van der Waals surface area contributed by atoms with E-state index in [-0.39, 0.29) is 5.78 Å². The van der Waals surface area contributed by atoms with Gasteiger partial charge in [0.2, 0.25) is 0 Å². The first kappa shape index (κ1) is 16.7. The summed E-state index contributed by atoms with van der Waals surface area (Å²) in [6.07, 6.45) is 7.59. The first-order valence-corrected chi connectivity index (χ1v) is 9.04. The summed E-state index contributed by atoms with van der Waals surface area (Å²) < 4.78 is 6.03. The second-order valence-corrected chi connectivity index (χ2v) is 6.21. The van der Waals surface area contributed by atoms with Gasteiger partial charge in [0, 0.05) is 23.5 Å². The number of benzene rings is 1. The molecular formula is C19H17IN2O2. The van der Waals surface area contributed by atoms with E-state index in [4.69, 9.17) is 4.74 Å². The van der Waals surface area contributed by atoms with Crippen LogP contribution < -0.4 is 4.74 Å². The SMILES string of the molecule is COc1c(/C=C/c2cc(C(=O)CI)ccc2C)cnc2[nH]ccc12. The van der Waals surface area contributed by atoms with Crippen molar-refractivity contribution in [1.29, 1.82) is 0 Å². The van der Waals surface area contributed by atoms with Crippen molar-refractivity contribution in [1.82, 2.24) is 9.97 Å². The number of ether oxygens (including phenoxy) is 1. The summed E-state index contributed by atoms with van der Waals surface area (Å²) in [6, 6.07) is 7.73. The smallest absolute Gasteiger partial charge is 0.172 e. The fraction of sp³-hybridized carbons (Fsp3) is 0.158. The summed E-state index contributed by atoms with van der Waals surface area (Å²) in [4.78, 5) is 19.4. The summed E-state index contributed by atoms with van der Waals surface area (Å²) in [5.74, 6) is 0.924. The number of halogens is 1. The van der Waals surface area contributed by atoms with Crippen molar-refractivity contribution in [3.63, 3.8) is 0 Å². The van der Waals surface area contributed by atoms with Gasteiger partial charge in [-0.2, -0.15) is 0 Å². The zero-order chi connectivity index (χ0) is 17.1. The number of fused-ring (bicyclic) bond motifs is 1. The van der Waals surface area contributed by atoms with Gasteiger partial charge in [0.15, 0.2) is 5.78 Å². The maximum atomic E-state index is 11.9. The Labute approximate surface area is 154 Å². The lowest BCUT2D eigenvalue weighted by Gasteiger charge is -2.07. The van der Waals surface area contributed by atoms with Crippen LogP contribution in [0.1, 0.15) is 27.0 Å². The molecule has 0 radical (unpaired) electrons. The third-order valence-corrected chi connectivity index (χ3v) is 4.63. The molecule has 0 aliphatic carbocycles. The average molecular weight is 432 g/mol. The van der Waals surface area contributed by atoms with Crippen molar-refractivity contribution in [2.75, 3.05) is 11.5 Å². The van der Waals surface area contributed by atoms with Gasteiger partial charge in [-0.25, -0.2) is 4.98 Å². The second kappa shape index (κ2) is 7.17. The summed E-state index contributed by atoms with van der Waals surface area (Å²) in [6.45, 7) is 2.03. The number of ketones is 1. The Morgan fingerprint density at radius 1 is 1.29 bits per heavy atom. The maximum absolute atomic E-state index is 11.9. The molecule has 2 aromatic heterocycles. The number of aryl methyl sites for hydroxylation is 1. The van der Waals surface area contributed by atoms with Crippen molar-refractivity contribution in [2.45, 2.75) is 6.92 Å². The number of carbonyl (C=O) groups excluding carboxylic acids is 1. The molecule has 0 spiro atoms. The van der Waals surface area contributed by atoms with E-state index in [0.717, 1.165) is 39.0 Å². The molecule has 0 aliphatic heterocycles. The highest BCUT2D eigenvalue weighted by molar-refractivity contribution is 14.1. The van der Waals surface area contributed by atoms with Crippen LogP contribution >= 0.6 is 22.6 Å². The fourth-order valence-electron chi connectivity index (χ4n) is 2.60. The number of nitrogens with zero attached hydrogens (tertiary/aromatic N) is 1. The Morgan fingerprint density at radius 3 is 2.83 bits per heavy atom. The number of H-pyrrole nitrogens is 1. The van der Waals surface area contributed by atoms with Gasteiger partial charge in [0.1, 0.15) is 11.4 Å². The number of nitrogens with one attached hydrogen (secondary N) is 1. The Hall–Kier alpha value is -2.15. The van der Waals surface area contributed by atoms with E-state index in [0.29, 0.717) is 4.43 Å². The summed E-state index contributed by atoms with van der Waals surface area (Å²) in [7, 11) is 1.66. The predicted octanol–water partition coefficient (Wildman–Crippen LogP) is 4.67. The standard InChI is InChI=1S/C19H17IN2O2/c1-12-3-4-14(17(23)10-20)9-13(12)5-6-15-11-22-19-16(7-8-21-19)18(15)24-2/h3-9,11H,10H2,1-2H3,(H,21,22)/b6-5+. The summed E-state index contributed by atoms with van der Waals surface area (Å²) in [5, 5.41) is 0.949. The molecule has 24 heavy (non-hydrogen) atoms. The van der Waals surface area contributed by atoms with Gasteiger partial charge < -0.3 is 9.72 Å². The number of carbonyl (C=O) groups is 1. The van der Waals surface area contributed by atoms with Crippen molar-refractivity contribution in [2.24, 2.45) is 0 Å². The van der Waals surface area contributed by atoms with Gasteiger partial charge in [-0.3, -0.25) is 4.79 Å². The zero-order valence-electron chi connectivity index (χ0n) is 13.5. The van der Waals surface area contributed by atoms with Crippen LogP contribution in [0.3, 0.4) is 0 Å². The van der Waals surface area contributed by atoms with Crippen LogP contribution in [0.5, 0.6) is 5.75 Å². The van der Waals surface area contributed by atoms with Crippen LogP contribution in [0, 0.1) is 6.92 Å². The van der Waals surface area contributed by atoms with Gasteiger partial charge in [0.25, 0.3) is 0 Å². The van der Waals surface area contributed by atoms with Crippen molar-refractivity contribution in [3.8, 4) is 5.75 Å². The van der Waals surface area contributed by atoms with Crippen LogP contribution in [0.4, 0.5) is 0 Å². The number of Topliss-reactive ketones (excluding diaryl/α,β-unsaturated/α-hetero) is 1. The molecule has 1 N–H and O–H groups in total. The Bertz CT molecular complexity index is 928. The molecular weight excluding hydrogens is 415 g/mol. The molecule has 5 heteroatoms. The van der Waals surface area contributed by atoms with Crippen molar-refractivity contribution in [3.05, 3.63) is 58.9 Å². The minimum atomic E-state index is 0.137. The summed E-state index contributed by atoms with van der Waals surface area (Å²) >= 11 is 2.09. The molecule has 1 aromatic carbocycles. The molecule has 3 rings (SSSR count). The minimum Gasteiger partial charge on any atom is -0.495 e. The van der Waals surface area contributed by atoms with Gasteiger partial charge in [-0.1, -0.05) is 40.8 Å². The number of aromatic nitrogens is 2. The van der Waals surface area contributed by atoms with E-state index >= 15 is 0 Å². The molecule has 0 saturated carbocycles. The largest absolute Gasteiger partial charge is 0.495 e. The number of hydrogen-bond acceptors (Lipinski definition) is 3. The Kier molecular flexibility index (Phi) is 4.99. The molecule has 3 aromatic rings. The summed E-state index contributed by atoms with van der Waals surface area (Å²) in [5.41, 5.74) is 4.57. The highest BCUT2D eigenvalue weighted by Gasteiger charge is 2.09. The molecule has 122 valence electrons. The predicted molar refractivity (Wildman–Crippen MR) is 106 cm³/mol. The number of methoxy groups -OCH3 is 1. The molecule has 0 saturated heterocycles. The van der Waals surface area contributed by atoms with E-state index in [2.05, 4.69) is 32.6 Å². The van der Waals surface area contributed by atoms with Crippen LogP contribution in [-0.4, -0.2) is 27.3 Å². The normalized spacial score (nSPS) is 11.3. The molecule has 0 bridgehead atoms. The lowest BCUT2D eigenvalue weighted by Crippen LogP contribution is -2.00. The topological polar surface area (TPSA) is 55.0 Å². The molecule has 0 atom stereocenters. The first-order valence-electron chi connectivity index (χ1n) is 7.52. The zero-order valence-corrected chi connectivity index (χ0v) is 15.6. The van der Waals surface area contributed by atoms with Crippen molar-refractivity contribution >= 4 is 51.6 Å². The highest BCUT2D eigenvalue weighted by Crippen LogP contribution is 2.29. The lowest BCUT2D eigenvalue weighted by molar-refractivity contribution is 0.102. The van der Waals surface area contributed by atoms with Crippen LogP contribution in [0.2, 0.25) is 0 Å². The first-order chi connectivity index (χ1) is 11.6. The van der Waals surface area contributed by atoms with E-state index in [9.17, 15) is 4.79 Å². The third-order valence-electron chi connectivity index (χ3n) is 3.93. The number of alkyl halides is 1. The molecule has 0 aliphatic rings. The number of rotatable bonds is 5. The molecule has 0 amide bonds. The van der Waals surface area contributed by atoms with E-state index in [1.807, 2.05) is 49.5 Å². The van der Waals surface area contributed by atoms with E-state index in [1.54, 1.807) is 13.3 Å². The molecule has 4 nitrogen and oxygen atoms in total. The van der Waals surface area contributed by atoms with Crippen LogP contribution in [0.25, 0.3) is 23.2 Å². The maximum Gasteiger partial charge on any atom is 0.172 e. The number of hydrogen-bond donors (Lipinski definition) is 1. The average Bonchev–Trinajstić information content (AvgIpc) is 3.08. The monoisotopic (exact) mass is 432 g/mol. The van der Waals surface area contributed by atoms with E-state index < -0.39 is 0 Å². The molecule has 0 fully saturated rings. The minimum absolute atomic E-state index is 0.137. The Balaban J connectivity index is 2.00. The molecule has 0 unspecified atom stereocenters. The highest BCUT2D eigenvalue weighted by atomic mass is 127. The van der Waals surface area contributed by atoms with E-state index in [1.165, 1.54) is 0 Å². The number of pyridine rings is 1. The van der Waals surface area contributed by atoms with Crippen LogP contribution in [-0.2, 0) is 0 Å². The van der Waals surface area contributed by atoms with Gasteiger partial charge in [-0.05, 0) is 36.3 Å². The lowest BCUT2D eigenvalue weighted by atomic mass is 10.0. The third kappa shape index (κ3) is 3.21. The van der Waals surface area contributed by atoms with Gasteiger partial charge in [-0.15, -0.1) is 0 Å². The molecule has 2 heterocycles. The fourth-order valence-corrected chi connectivity index (χ4v) is 3.04. The number of aromatic amines is 1. The van der Waals surface area contributed by atoms with Crippen LogP contribution in [0.15, 0.2) is 36.7 Å².